The van der Waals surface area contributed by atoms with Gasteiger partial charge in [0.15, 0.2) is 0 Å². The molecular formula is C9H10BrNO. The van der Waals surface area contributed by atoms with Crippen molar-refractivity contribution >= 4 is 22.0 Å². The quantitative estimate of drug-likeness (QED) is 0.806. The van der Waals surface area contributed by atoms with Gasteiger partial charge in [-0.2, -0.15) is 0 Å². The lowest BCUT2D eigenvalue weighted by atomic mass is 10.3. The fourth-order valence-electron chi connectivity index (χ4n) is 0.795. The fraction of sp³-hybridized carbons (Fsp3) is 0.222. The molecule has 3 heteroatoms. The zero-order valence-electron chi connectivity index (χ0n) is 6.57. The van der Waals surface area contributed by atoms with Gasteiger partial charge < -0.3 is 5.11 Å². The van der Waals surface area contributed by atoms with Crippen LogP contribution in [0.25, 0.3) is 6.08 Å². The Balaban J connectivity index is 2.68. The van der Waals surface area contributed by atoms with Crippen molar-refractivity contribution in [1.82, 2.24) is 4.98 Å². The molecule has 1 aromatic heterocycles. The number of nitrogens with zero attached hydrogens (tertiary/aromatic N) is 1. The largest absolute Gasteiger partial charge is 0.506 e. The van der Waals surface area contributed by atoms with Gasteiger partial charge in [-0.1, -0.05) is 22.0 Å². The van der Waals surface area contributed by atoms with Crippen molar-refractivity contribution in [3.63, 3.8) is 0 Å². The topological polar surface area (TPSA) is 33.1 Å². The van der Waals surface area contributed by atoms with Crippen LogP contribution in [0.1, 0.15) is 12.1 Å². The van der Waals surface area contributed by atoms with Crippen molar-refractivity contribution in [1.29, 1.82) is 0 Å². The highest BCUT2D eigenvalue weighted by molar-refractivity contribution is 9.09. The number of halogens is 1. The maximum absolute atomic E-state index is 9.28. The molecule has 0 unspecified atom stereocenters. The van der Waals surface area contributed by atoms with E-state index in [1.807, 2.05) is 12.2 Å². The highest BCUT2D eigenvalue weighted by Crippen LogP contribution is 2.14. The monoisotopic (exact) mass is 227 g/mol. The van der Waals surface area contributed by atoms with Gasteiger partial charge in [0, 0.05) is 11.5 Å². The van der Waals surface area contributed by atoms with Crippen LogP contribution >= 0.6 is 15.9 Å². The second-order valence-corrected chi connectivity index (χ2v) is 3.08. The Morgan fingerprint density at radius 1 is 1.58 bits per heavy atom. The van der Waals surface area contributed by atoms with E-state index in [-0.39, 0.29) is 5.75 Å². The summed E-state index contributed by atoms with van der Waals surface area (Å²) in [6, 6.07) is 3.33. The Morgan fingerprint density at radius 3 is 3.08 bits per heavy atom. The summed E-state index contributed by atoms with van der Waals surface area (Å²) < 4.78 is 0. The molecule has 2 nitrogen and oxygen atoms in total. The molecule has 0 fully saturated rings. The van der Waals surface area contributed by atoms with Crippen LogP contribution in [0.4, 0.5) is 0 Å². The van der Waals surface area contributed by atoms with E-state index in [0.29, 0.717) is 5.69 Å². The summed E-state index contributed by atoms with van der Waals surface area (Å²) in [5.41, 5.74) is 0.624. The highest BCUT2D eigenvalue weighted by Gasteiger charge is 1.93. The molecule has 1 heterocycles. The molecule has 64 valence electrons. The van der Waals surface area contributed by atoms with Gasteiger partial charge in [-0.15, -0.1) is 0 Å². The van der Waals surface area contributed by atoms with Crippen molar-refractivity contribution in [3.05, 3.63) is 30.1 Å². The van der Waals surface area contributed by atoms with E-state index in [2.05, 4.69) is 20.9 Å². The highest BCUT2D eigenvalue weighted by atomic mass is 79.9. The number of hydrogen-bond donors (Lipinski definition) is 1. The summed E-state index contributed by atoms with van der Waals surface area (Å²) in [6.45, 7) is 0. The maximum atomic E-state index is 9.28. The molecule has 1 aromatic rings. The predicted octanol–water partition coefficient (Wildman–Crippen LogP) is 2.59. The molecule has 0 aliphatic carbocycles. The third kappa shape index (κ3) is 2.66. The first kappa shape index (κ1) is 9.26. The van der Waals surface area contributed by atoms with Gasteiger partial charge in [0.05, 0.1) is 0 Å². The average Bonchev–Trinajstić information content (AvgIpc) is 2.09. The molecule has 0 aliphatic rings. The lowest BCUT2D eigenvalue weighted by Crippen LogP contribution is -1.79. The van der Waals surface area contributed by atoms with Crippen molar-refractivity contribution < 1.29 is 5.11 Å². The first-order valence-corrected chi connectivity index (χ1v) is 4.83. The van der Waals surface area contributed by atoms with Crippen molar-refractivity contribution in [2.75, 3.05) is 5.33 Å². The van der Waals surface area contributed by atoms with Gasteiger partial charge in [-0.3, -0.25) is 4.98 Å². The number of aromatic nitrogens is 1. The van der Waals surface area contributed by atoms with Crippen LogP contribution in [-0.2, 0) is 0 Å². The number of allylic oxidation sites excluding steroid dienone is 1. The summed E-state index contributed by atoms with van der Waals surface area (Å²) >= 11 is 3.31. The molecule has 1 N–H and O–H groups in total. The Morgan fingerprint density at radius 2 is 2.42 bits per heavy atom. The molecule has 0 aliphatic heterocycles. The van der Waals surface area contributed by atoms with E-state index in [1.54, 1.807) is 18.3 Å². The Labute approximate surface area is 80.1 Å². The van der Waals surface area contributed by atoms with E-state index in [9.17, 15) is 5.11 Å². The van der Waals surface area contributed by atoms with Crippen LogP contribution in [0.15, 0.2) is 24.4 Å². The molecule has 0 spiro atoms. The minimum atomic E-state index is 0.225. The minimum absolute atomic E-state index is 0.225. The Bertz CT molecular complexity index is 273. The van der Waals surface area contributed by atoms with Crippen molar-refractivity contribution in [2.45, 2.75) is 6.42 Å². The summed E-state index contributed by atoms with van der Waals surface area (Å²) in [4.78, 5) is 4.00. The SMILES string of the molecule is Oc1cccnc1C=CCCBr. The normalized spacial score (nSPS) is 10.8. The van der Waals surface area contributed by atoms with Crippen LogP contribution in [0.2, 0.25) is 0 Å². The van der Waals surface area contributed by atoms with Crippen LogP contribution in [0.3, 0.4) is 0 Å². The zero-order chi connectivity index (χ0) is 8.81. The van der Waals surface area contributed by atoms with Gasteiger partial charge in [0.25, 0.3) is 0 Å². The van der Waals surface area contributed by atoms with Gasteiger partial charge in [-0.05, 0) is 24.6 Å². The van der Waals surface area contributed by atoms with Gasteiger partial charge >= 0.3 is 0 Å². The number of pyridine rings is 1. The van der Waals surface area contributed by atoms with E-state index in [4.69, 9.17) is 0 Å². The smallest absolute Gasteiger partial charge is 0.141 e. The van der Waals surface area contributed by atoms with Gasteiger partial charge in [0.2, 0.25) is 0 Å². The summed E-state index contributed by atoms with van der Waals surface area (Å²) in [7, 11) is 0. The van der Waals surface area contributed by atoms with E-state index in [1.165, 1.54) is 0 Å². The lowest BCUT2D eigenvalue weighted by Gasteiger charge is -1.94. The first-order chi connectivity index (χ1) is 5.84. The second-order valence-electron chi connectivity index (χ2n) is 2.29. The summed E-state index contributed by atoms with van der Waals surface area (Å²) in [6.07, 6.45) is 6.39. The number of hydrogen-bond acceptors (Lipinski definition) is 2. The number of rotatable bonds is 3. The minimum Gasteiger partial charge on any atom is -0.506 e. The van der Waals surface area contributed by atoms with E-state index >= 15 is 0 Å². The summed E-state index contributed by atoms with van der Waals surface area (Å²) in [5, 5.41) is 10.2. The van der Waals surface area contributed by atoms with Crippen molar-refractivity contribution in [2.24, 2.45) is 0 Å². The number of aromatic hydroxyl groups is 1. The third-order valence-corrected chi connectivity index (χ3v) is 1.83. The van der Waals surface area contributed by atoms with E-state index < -0.39 is 0 Å². The van der Waals surface area contributed by atoms with Crippen molar-refractivity contribution in [3.8, 4) is 5.75 Å². The second kappa shape index (κ2) is 4.93. The average molecular weight is 228 g/mol. The zero-order valence-corrected chi connectivity index (χ0v) is 8.16. The molecular weight excluding hydrogens is 218 g/mol. The molecule has 12 heavy (non-hydrogen) atoms. The molecule has 0 bridgehead atoms. The predicted molar refractivity (Wildman–Crippen MR) is 53.3 cm³/mol. The lowest BCUT2D eigenvalue weighted by molar-refractivity contribution is 0.471. The fourth-order valence-corrected chi connectivity index (χ4v) is 1.06. The first-order valence-electron chi connectivity index (χ1n) is 3.71. The standard InChI is InChI=1S/C9H10BrNO/c10-6-2-1-4-8-9(12)5-3-7-11-8/h1,3-5,7,12H,2,6H2. The Hall–Kier alpha value is -0.830. The van der Waals surface area contributed by atoms with Crippen LogP contribution in [0, 0.1) is 0 Å². The van der Waals surface area contributed by atoms with Crippen LogP contribution < -0.4 is 0 Å². The summed E-state index contributed by atoms with van der Waals surface area (Å²) in [5.74, 6) is 0.225. The molecule has 0 aromatic carbocycles. The molecule has 0 saturated heterocycles. The molecule has 0 saturated carbocycles. The molecule has 0 amide bonds. The molecule has 0 atom stereocenters. The number of alkyl halides is 1. The maximum Gasteiger partial charge on any atom is 0.141 e. The third-order valence-electron chi connectivity index (χ3n) is 1.37. The van der Waals surface area contributed by atoms with Gasteiger partial charge in [0.1, 0.15) is 11.4 Å². The van der Waals surface area contributed by atoms with Gasteiger partial charge in [-0.25, -0.2) is 0 Å². The molecule has 1 rings (SSSR count). The van der Waals surface area contributed by atoms with Crippen LogP contribution in [0.5, 0.6) is 5.75 Å². The van der Waals surface area contributed by atoms with E-state index in [0.717, 1.165) is 11.8 Å². The molecule has 0 radical (unpaired) electrons. The van der Waals surface area contributed by atoms with Crippen LogP contribution in [-0.4, -0.2) is 15.4 Å². The Kier molecular flexibility index (Phi) is 3.80.